The number of benzene rings is 1. The Labute approximate surface area is 94.5 Å². The van der Waals surface area contributed by atoms with E-state index in [-0.39, 0.29) is 0 Å². The fourth-order valence-corrected chi connectivity index (χ4v) is 2.05. The minimum absolute atomic E-state index is 0.314. The Morgan fingerprint density at radius 3 is 3.19 bits per heavy atom. The molecule has 1 fully saturated rings. The molecule has 16 heavy (non-hydrogen) atoms. The summed E-state index contributed by atoms with van der Waals surface area (Å²) in [6.45, 7) is 2.00. The smallest absolute Gasteiger partial charge is 0.120 e. The zero-order valence-electron chi connectivity index (χ0n) is 9.02. The molecule has 0 saturated carbocycles. The largest absolute Gasteiger partial charge is 0.489 e. The fourth-order valence-electron chi connectivity index (χ4n) is 2.05. The van der Waals surface area contributed by atoms with Crippen molar-refractivity contribution in [2.24, 2.45) is 0 Å². The summed E-state index contributed by atoms with van der Waals surface area (Å²) in [5.74, 6) is 0.939. The highest BCUT2D eigenvalue weighted by Crippen LogP contribution is 2.21. The second-order valence-electron chi connectivity index (χ2n) is 4.09. The Hall–Kier alpha value is -1.61. The van der Waals surface area contributed by atoms with E-state index >= 15 is 0 Å². The zero-order chi connectivity index (χ0) is 10.8. The molecule has 1 aromatic carbocycles. The molecule has 1 aromatic heterocycles. The Kier molecular flexibility index (Phi) is 2.46. The van der Waals surface area contributed by atoms with Gasteiger partial charge in [-0.3, -0.25) is 4.98 Å². The summed E-state index contributed by atoms with van der Waals surface area (Å²) in [5.41, 5.74) is 1.01. The molecule has 1 saturated heterocycles. The van der Waals surface area contributed by atoms with Crippen molar-refractivity contribution in [3.05, 3.63) is 36.5 Å². The summed E-state index contributed by atoms with van der Waals surface area (Å²) in [7, 11) is 0. The van der Waals surface area contributed by atoms with E-state index in [2.05, 4.69) is 22.4 Å². The number of nitrogens with one attached hydrogen (secondary N) is 1. The summed E-state index contributed by atoms with van der Waals surface area (Å²) in [5, 5.41) is 4.42. The number of hydrogen-bond donors (Lipinski definition) is 1. The molecular formula is C13H14N2O. The first-order valence-corrected chi connectivity index (χ1v) is 5.64. The van der Waals surface area contributed by atoms with E-state index < -0.39 is 0 Å². The van der Waals surface area contributed by atoms with E-state index in [9.17, 15) is 0 Å². The van der Waals surface area contributed by atoms with Gasteiger partial charge >= 0.3 is 0 Å². The van der Waals surface area contributed by atoms with Gasteiger partial charge < -0.3 is 10.1 Å². The molecular weight excluding hydrogens is 200 g/mol. The SMILES string of the molecule is c1cnc2ccc(O[C@@H]3CCNC3)cc2c1. The van der Waals surface area contributed by atoms with E-state index in [1.807, 2.05) is 24.4 Å². The van der Waals surface area contributed by atoms with Crippen molar-refractivity contribution >= 4 is 10.9 Å². The Morgan fingerprint density at radius 1 is 1.31 bits per heavy atom. The maximum Gasteiger partial charge on any atom is 0.120 e. The standard InChI is InChI=1S/C13H14N2O/c1-2-10-8-11(3-4-13(10)15-6-1)16-12-5-7-14-9-12/h1-4,6,8,12,14H,5,7,9H2/t12-/m1/s1. The molecule has 2 aromatic rings. The van der Waals surface area contributed by atoms with Crippen LogP contribution in [0, 0.1) is 0 Å². The first kappa shape index (κ1) is 9.60. The summed E-state index contributed by atoms with van der Waals surface area (Å²) in [6.07, 6.45) is 3.21. The quantitative estimate of drug-likeness (QED) is 0.830. The van der Waals surface area contributed by atoms with Gasteiger partial charge in [-0.1, -0.05) is 6.07 Å². The van der Waals surface area contributed by atoms with Gasteiger partial charge in [-0.2, -0.15) is 0 Å². The van der Waals surface area contributed by atoms with Crippen LogP contribution in [0.5, 0.6) is 5.75 Å². The van der Waals surface area contributed by atoms with Crippen LogP contribution in [0.3, 0.4) is 0 Å². The van der Waals surface area contributed by atoms with Crippen LogP contribution in [-0.2, 0) is 0 Å². The molecule has 3 nitrogen and oxygen atoms in total. The topological polar surface area (TPSA) is 34.1 Å². The molecule has 2 heterocycles. The van der Waals surface area contributed by atoms with Gasteiger partial charge in [0.25, 0.3) is 0 Å². The molecule has 1 aliphatic rings. The first-order valence-electron chi connectivity index (χ1n) is 5.64. The van der Waals surface area contributed by atoms with Crippen molar-refractivity contribution in [2.45, 2.75) is 12.5 Å². The van der Waals surface area contributed by atoms with Crippen LogP contribution in [0.2, 0.25) is 0 Å². The number of nitrogens with zero attached hydrogens (tertiary/aromatic N) is 1. The number of pyridine rings is 1. The van der Waals surface area contributed by atoms with E-state index in [0.717, 1.165) is 36.2 Å². The maximum absolute atomic E-state index is 5.89. The van der Waals surface area contributed by atoms with Gasteiger partial charge in [-0.15, -0.1) is 0 Å². The van der Waals surface area contributed by atoms with Gasteiger partial charge in [-0.05, 0) is 37.2 Å². The average Bonchev–Trinajstić information content (AvgIpc) is 2.82. The molecule has 1 aliphatic heterocycles. The molecule has 3 heteroatoms. The molecule has 0 unspecified atom stereocenters. The van der Waals surface area contributed by atoms with Crippen molar-refractivity contribution in [1.82, 2.24) is 10.3 Å². The van der Waals surface area contributed by atoms with E-state index in [0.29, 0.717) is 6.10 Å². The molecule has 0 spiro atoms. The van der Waals surface area contributed by atoms with Crippen LogP contribution >= 0.6 is 0 Å². The molecule has 82 valence electrons. The monoisotopic (exact) mass is 214 g/mol. The number of rotatable bonds is 2. The average molecular weight is 214 g/mol. The predicted octanol–water partition coefficient (Wildman–Crippen LogP) is 1.98. The van der Waals surface area contributed by atoms with E-state index in [4.69, 9.17) is 4.74 Å². The number of ether oxygens (including phenoxy) is 1. The first-order chi connectivity index (χ1) is 7.92. The van der Waals surface area contributed by atoms with Gasteiger partial charge in [0.15, 0.2) is 0 Å². The third-order valence-corrected chi connectivity index (χ3v) is 2.89. The van der Waals surface area contributed by atoms with Crippen LogP contribution in [-0.4, -0.2) is 24.2 Å². The van der Waals surface area contributed by atoms with Crippen LogP contribution < -0.4 is 10.1 Å². The number of fused-ring (bicyclic) bond motifs is 1. The predicted molar refractivity (Wildman–Crippen MR) is 63.6 cm³/mol. The van der Waals surface area contributed by atoms with Gasteiger partial charge in [0.05, 0.1) is 5.52 Å². The van der Waals surface area contributed by atoms with Crippen LogP contribution in [0.4, 0.5) is 0 Å². The number of hydrogen-bond acceptors (Lipinski definition) is 3. The van der Waals surface area contributed by atoms with Crippen LogP contribution in [0.25, 0.3) is 10.9 Å². The molecule has 0 aliphatic carbocycles. The molecule has 0 radical (unpaired) electrons. The van der Waals surface area contributed by atoms with Crippen molar-refractivity contribution in [3.8, 4) is 5.75 Å². The minimum Gasteiger partial charge on any atom is -0.489 e. The van der Waals surface area contributed by atoms with Crippen molar-refractivity contribution in [1.29, 1.82) is 0 Å². The lowest BCUT2D eigenvalue weighted by Crippen LogP contribution is -2.19. The van der Waals surface area contributed by atoms with Gasteiger partial charge in [0.2, 0.25) is 0 Å². The van der Waals surface area contributed by atoms with Gasteiger partial charge in [0, 0.05) is 18.1 Å². The Balaban J connectivity index is 1.86. The third-order valence-electron chi connectivity index (χ3n) is 2.89. The highest BCUT2D eigenvalue weighted by atomic mass is 16.5. The highest BCUT2D eigenvalue weighted by molar-refractivity contribution is 5.79. The highest BCUT2D eigenvalue weighted by Gasteiger charge is 2.15. The van der Waals surface area contributed by atoms with Crippen molar-refractivity contribution in [3.63, 3.8) is 0 Å². The Morgan fingerprint density at radius 2 is 2.31 bits per heavy atom. The zero-order valence-corrected chi connectivity index (χ0v) is 9.02. The summed E-state index contributed by atoms with van der Waals surface area (Å²) in [4.78, 5) is 4.29. The van der Waals surface area contributed by atoms with Gasteiger partial charge in [-0.25, -0.2) is 0 Å². The minimum atomic E-state index is 0.314. The van der Waals surface area contributed by atoms with Crippen molar-refractivity contribution < 1.29 is 4.74 Å². The molecule has 0 bridgehead atoms. The molecule has 1 N–H and O–H groups in total. The van der Waals surface area contributed by atoms with Crippen molar-refractivity contribution in [2.75, 3.05) is 13.1 Å². The second kappa shape index (κ2) is 4.10. The van der Waals surface area contributed by atoms with Crippen LogP contribution in [0.15, 0.2) is 36.5 Å². The van der Waals surface area contributed by atoms with Gasteiger partial charge in [0.1, 0.15) is 11.9 Å². The molecule has 3 rings (SSSR count). The maximum atomic E-state index is 5.89. The second-order valence-corrected chi connectivity index (χ2v) is 4.09. The van der Waals surface area contributed by atoms with E-state index in [1.165, 1.54) is 0 Å². The van der Waals surface area contributed by atoms with E-state index in [1.54, 1.807) is 0 Å². The third kappa shape index (κ3) is 1.86. The lowest BCUT2D eigenvalue weighted by Gasteiger charge is -2.12. The normalized spacial score (nSPS) is 20.1. The summed E-state index contributed by atoms with van der Waals surface area (Å²) >= 11 is 0. The fraction of sp³-hybridized carbons (Fsp3) is 0.308. The molecule has 0 amide bonds. The lowest BCUT2D eigenvalue weighted by atomic mass is 10.2. The summed E-state index contributed by atoms with van der Waals surface area (Å²) < 4.78 is 5.89. The summed E-state index contributed by atoms with van der Waals surface area (Å²) in [6, 6.07) is 10.1. The molecule has 1 atom stereocenters. The van der Waals surface area contributed by atoms with Crippen LogP contribution in [0.1, 0.15) is 6.42 Å². The lowest BCUT2D eigenvalue weighted by molar-refractivity contribution is 0.223. The number of aromatic nitrogens is 1. The Bertz CT molecular complexity index is 492.